The van der Waals surface area contributed by atoms with E-state index < -0.39 is 0 Å². The Morgan fingerprint density at radius 2 is 1.50 bits per heavy atom. The average Bonchev–Trinajstić information content (AvgIpc) is 2.38. The van der Waals surface area contributed by atoms with Crippen molar-refractivity contribution < 1.29 is 4.65 Å². The van der Waals surface area contributed by atoms with E-state index in [2.05, 4.69) is 45.0 Å². The summed E-state index contributed by atoms with van der Waals surface area (Å²) < 4.78 is 6.58. The zero-order valence-corrected chi connectivity index (χ0v) is 13.2. The third kappa shape index (κ3) is 2.75. The van der Waals surface area contributed by atoms with Crippen molar-refractivity contribution in [1.29, 1.82) is 0 Å². The van der Waals surface area contributed by atoms with E-state index in [4.69, 9.17) is 4.65 Å². The van der Waals surface area contributed by atoms with E-state index in [0.717, 1.165) is 17.4 Å². The van der Waals surface area contributed by atoms with Crippen molar-refractivity contribution in [2.75, 3.05) is 0 Å². The van der Waals surface area contributed by atoms with E-state index >= 15 is 0 Å². The Kier molecular flexibility index (Phi) is 3.84. The second-order valence-corrected chi connectivity index (χ2v) is 7.71. The average molecular weight is 270 g/mol. The molecule has 2 aliphatic heterocycles. The molecular formula is C18H27BO. The summed E-state index contributed by atoms with van der Waals surface area (Å²) in [5.41, 5.74) is 1.50. The van der Waals surface area contributed by atoms with Crippen LogP contribution < -0.4 is 4.65 Å². The van der Waals surface area contributed by atoms with Gasteiger partial charge >= 0.3 is 6.92 Å². The van der Waals surface area contributed by atoms with Gasteiger partial charge in [0.15, 0.2) is 0 Å². The third-order valence-electron chi connectivity index (χ3n) is 5.19. The molecule has 1 nitrogen and oxygen atoms in total. The summed E-state index contributed by atoms with van der Waals surface area (Å²) in [5.74, 6) is 2.73. The number of fused-ring (bicyclic) bond motifs is 2. The standard InChI is InChI=1S/C18H27BO/c1-18(2,3)16-12-4-5-13-17(16)20-19-14-8-6-9-15(19)11-7-10-14/h4-5,12-15H,6-11H2,1-3H3. The first-order chi connectivity index (χ1) is 9.55. The van der Waals surface area contributed by atoms with Crippen LogP contribution in [0.2, 0.25) is 11.6 Å². The van der Waals surface area contributed by atoms with Gasteiger partial charge in [-0.25, -0.2) is 0 Å². The van der Waals surface area contributed by atoms with Gasteiger partial charge in [0.1, 0.15) is 5.75 Å². The van der Waals surface area contributed by atoms with E-state index in [1.54, 1.807) is 0 Å². The van der Waals surface area contributed by atoms with E-state index in [9.17, 15) is 0 Å². The van der Waals surface area contributed by atoms with Crippen molar-refractivity contribution >= 4 is 6.92 Å². The Morgan fingerprint density at radius 3 is 2.05 bits per heavy atom. The molecule has 2 aliphatic rings. The summed E-state index contributed by atoms with van der Waals surface area (Å²) in [6.07, 6.45) is 8.32. The summed E-state index contributed by atoms with van der Waals surface area (Å²) in [5, 5.41) is 0. The lowest BCUT2D eigenvalue weighted by molar-refractivity contribution is 0.377. The quantitative estimate of drug-likeness (QED) is 0.648. The van der Waals surface area contributed by atoms with Crippen LogP contribution in [-0.4, -0.2) is 6.92 Å². The van der Waals surface area contributed by atoms with Gasteiger partial charge in [0.25, 0.3) is 0 Å². The highest BCUT2D eigenvalue weighted by Gasteiger charge is 2.43. The molecule has 2 heterocycles. The largest absolute Gasteiger partial charge is 0.560 e. The molecule has 0 radical (unpaired) electrons. The fourth-order valence-electron chi connectivity index (χ4n) is 4.14. The van der Waals surface area contributed by atoms with Gasteiger partial charge in [0.05, 0.1) is 0 Å². The molecule has 20 heavy (non-hydrogen) atoms. The Bertz CT molecular complexity index is 441. The van der Waals surface area contributed by atoms with Gasteiger partial charge in [-0.3, -0.25) is 0 Å². The van der Waals surface area contributed by atoms with Gasteiger partial charge in [0.2, 0.25) is 0 Å². The molecule has 0 aliphatic carbocycles. The highest BCUT2D eigenvalue weighted by atomic mass is 16.4. The Morgan fingerprint density at radius 1 is 0.950 bits per heavy atom. The Hall–Kier alpha value is -0.915. The van der Waals surface area contributed by atoms with Crippen LogP contribution in [0, 0.1) is 0 Å². The highest BCUT2D eigenvalue weighted by molar-refractivity contribution is 6.56. The van der Waals surface area contributed by atoms with E-state index in [1.165, 1.54) is 44.1 Å². The van der Waals surface area contributed by atoms with Gasteiger partial charge < -0.3 is 4.65 Å². The van der Waals surface area contributed by atoms with Crippen LogP contribution in [0.1, 0.15) is 64.9 Å². The molecule has 1 aromatic carbocycles. The summed E-state index contributed by atoms with van der Waals surface area (Å²) >= 11 is 0. The summed E-state index contributed by atoms with van der Waals surface area (Å²) in [6.45, 7) is 7.30. The van der Waals surface area contributed by atoms with Gasteiger partial charge in [0, 0.05) is 0 Å². The molecule has 0 amide bonds. The van der Waals surface area contributed by atoms with Crippen LogP contribution >= 0.6 is 0 Å². The second-order valence-electron chi connectivity index (χ2n) is 7.71. The van der Waals surface area contributed by atoms with E-state index in [0.29, 0.717) is 6.92 Å². The van der Waals surface area contributed by atoms with Gasteiger partial charge in [-0.2, -0.15) is 0 Å². The van der Waals surface area contributed by atoms with Crippen LogP contribution in [0.5, 0.6) is 5.75 Å². The van der Waals surface area contributed by atoms with Crippen LogP contribution in [0.4, 0.5) is 0 Å². The van der Waals surface area contributed by atoms with Crippen molar-refractivity contribution in [2.45, 2.75) is 76.3 Å². The Labute approximate surface area is 124 Å². The van der Waals surface area contributed by atoms with Crippen molar-refractivity contribution in [2.24, 2.45) is 0 Å². The van der Waals surface area contributed by atoms with Crippen molar-refractivity contribution in [3.8, 4) is 5.75 Å². The zero-order valence-electron chi connectivity index (χ0n) is 13.2. The molecule has 0 unspecified atom stereocenters. The minimum absolute atomic E-state index is 0.153. The summed E-state index contributed by atoms with van der Waals surface area (Å²) in [7, 11) is 0. The summed E-state index contributed by atoms with van der Waals surface area (Å²) in [4.78, 5) is 0. The minimum atomic E-state index is 0.153. The number of rotatable bonds is 2. The zero-order chi connectivity index (χ0) is 14.2. The molecular weight excluding hydrogens is 243 g/mol. The monoisotopic (exact) mass is 270 g/mol. The lowest BCUT2D eigenvalue weighted by Gasteiger charge is -2.40. The maximum atomic E-state index is 6.58. The predicted octanol–water partition coefficient (Wildman–Crippen LogP) is 5.46. The van der Waals surface area contributed by atoms with Crippen molar-refractivity contribution in [3.05, 3.63) is 29.8 Å². The lowest BCUT2D eigenvalue weighted by atomic mass is 9.38. The predicted molar refractivity (Wildman–Crippen MR) is 86.7 cm³/mol. The first-order valence-electron chi connectivity index (χ1n) is 8.32. The smallest absolute Gasteiger partial charge is 0.364 e. The molecule has 0 N–H and O–H groups in total. The lowest BCUT2D eigenvalue weighted by Crippen LogP contribution is -2.40. The maximum absolute atomic E-state index is 6.58. The normalized spacial score (nSPS) is 26.4. The second kappa shape index (κ2) is 5.46. The van der Waals surface area contributed by atoms with E-state index in [1.807, 2.05) is 0 Å². The molecule has 0 aromatic heterocycles. The van der Waals surface area contributed by atoms with Crippen LogP contribution in [0.3, 0.4) is 0 Å². The molecule has 2 bridgehead atoms. The van der Waals surface area contributed by atoms with Crippen molar-refractivity contribution in [3.63, 3.8) is 0 Å². The maximum Gasteiger partial charge on any atom is 0.364 e. The highest BCUT2D eigenvalue weighted by Crippen LogP contribution is 2.47. The van der Waals surface area contributed by atoms with Gasteiger partial charge in [-0.1, -0.05) is 77.5 Å². The molecule has 2 fully saturated rings. The number of para-hydroxylation sites is 1. The molecule has 108 valence electrons. The third-order valence-corrected chi connectivity index (χ3v) is 5.19. The number of hydrogen-bond acceptors (Lipinski definition) is 1. The molecule has 0 spiro atoms. The fourth-order valence-corrected chi connectivity index (χ4v) is 4.14. The van der Waals surface area contributed by atoms with Crippen LogP contribution in [0.15, 0.2) is 24.3 Å². The topological polar surface area (TPSA) is 9.23 Å². The van der Waals surface area contributed by atoms with Gasteiger partial charge in [-0.05, 0) is 28.7 Å². The number of benzene rings is 1. The van der Waals surface area contributed by atoms with Gasteiger partial charge in [-0.15, -0.1) is 0 Å². The molecule has 2 heteroatoms. The molecule has 3 rings (SSSR count). The number of hydrogen-bond donors (Lipinski definition) is 0. The first kappa shape index (κ1) is 14.0. The molecule has 0 atom stereocenters. The van der Waals surface area contributed by atoms with Crippen molar-refractivity contribution in [1.82, 2.24) is 0 Å². The Balaban J connectivity index is 1.84. The minimum Gasteiger partial charge on any atom is -0.560 e. The molecule has 2 saturated heterocycles. The molecule has 0 saturated carbocycles. The first-order valence-corrected chi connectivity index (χ1v) is 8.32. The van der Waals surface area contributed by atoms with E-state index in [-0.39, 0.29) is 5.41 Å². The summed E-state index contributed by atoms with van der Waals surface area (Å²) in [6, 6.07) is 8.65. The van der Waals surface area contributed by atoms with Crippen LogP contribution in [0.25, 0.3) is 0 Å². The SMILES string of the molecule is CC(C)(C)c1ccccc1OB1C2CCCC1CCC2. The fraction of sp³-hybridized carbons (Fsp3) is 0.667. The van der Waals surface area contributed by atoms with Crippen LogP contribution in [-0.2, 0) is 5.41 Å². The molecule has 1 aromatic rings.